The van der Waals surface area contributed by atoms with E-state index in [2.05, 4.69) is 10.6 Å². The van der Waals surface area contributed by atoms with Crippen LogP contribution in [0.1, 0.15) is 6.42 Å². The van der Waals surface area contributed by atoms with Gasteiger partial charge >= 0.3 is 6.03 Å². The minimum atomic E-state index is -0.986. The molecule has 1 rings (SSSR count). The minimum Gasteiger partial charge on any atom is -0.349 e. The van der Waals surface area contributed by atoms with E-state index in [4.69, 9.17) is 0 Å². The quantitative estimate of drug-likeness (QED) is 0.844. The molecule has 1 aromatic rings. The monoisotopic (exact) mass is 324 g/mol. The first-order valence-corrected chi connectivity index (χ1v) is 6.95. The maximum absolute atomic E-state index is 12.8. The van der Waals surface area contributed by atoms with Gasteiger partial charge in [-0.15, -0.1) is 0 Å². The largest absolute Gasteiger partial charge is 0.349 e. The molecule has 0 saturated carbocycles. The molecule has 2 N–H and O–H groups in total. The van der Waals surface area contributed by atoms with Crippen LogP contribution in [0, 0.1) is 5.82 Å². The Balaban J connectivity index is 2.75. The van der Waals surface area contributed by atoms with Crippen LogP contribution in [-0.2, 0) is 9.59 Å². The molecule has 0 aliphatic rings. The normalized spacial score (nSPS) is 11.3. The first kappa shape index (κ1) is 18.4. The second kappa shape index (κ2) is 8.11. The Labute approximate surface area is 134 Å². The van der Waals surface area contributed by atoms with Crippen LogP contribution in [-0.4, -0.2) is 61.9 Å². The number of rotatable bonds is 5. The van der Waals surface area contributed by atoms with Crippen LogP contribution in [0.5, 0.6) is 0 Å². The number of likely N-dealkylation sites (N-methyl/N-ethyl adjacent to an activating group) is 1. The van der Waals surface area contributed by atoms with Gasteiger partial charge in [-0.2, -0.15) is 0 Å². The maximum atomic E-state index is 12.8. The second-order valence-corrected chi connectivity index (χ2v) is 5.38. The maximum Gasteiger partial charge on any atom is 0.319 e. The van der Waals surface area contributed by atoms with E-state index < -0.39 is 23.8 Å². The van der Waals surface area contributed by atoms with Gasteiger partial charge in [0.15, 0.2) is 0 Å². The van der Waals surface area contributed by atoms with Crippen LogP contribution in [0.3, 0.4) is 0 Å². The van der Waals surface area contributed by atoms with Gasteiger partial charge in [-0.05, 0) is 24.3 Å². The summed E-state index contributed by atoms with van der Waals surface area (Å²) in [5.74, 6) is -1.10. The van der Waals surface area contributed by atoms with Gasteiger partial charge in [0.1, 0.15) is 11.9 Å². The van der Waals surface area contributed by atoms with Gasteiger partial charge in [0, 0.05) is 33.9 Å². The van der Waals surface area contributed by atoms with Crippen molar-refractivity contribution in [1.29, 1.82) is 0 Å². The summed E-state index contributed by atoms with van der Waals surface area (Å²) in [5, 5.41) is 4.95. The van der Waals surface area contributed by atoms with Crippen molar-refractivity contribution in [3.63, 3.8) is 0 Å². The fourth-order valence-electron chi connectivity index (χ4n) is 1.73. The SMILES string of the molecule is CN(C)C(=O)CC(NC(=O)Nc1ccc(F)cc1)C(=O)N(C)C. The highest BCUT2D eigenvalue weighted by Crippen LogP contribution is 2.08. The molecular weight excluding hydrogens is 303 g/mol. The highest BCUT2D eigenvalue weighted by atomic mass is 19.1. The van der Waals surface area contributed by atoms with Crippen molar-refractivity contribution < 1.29 is 18.8 Å². The van der Waals surface area contributed by atoms with Crippen LogP contribution >= 0.6 is 0 Å². The molecule has 0 bridgehead atoms. The van der Waals surface area contributed by atoms with Crippen LogP contribution in [0.15, 0.2) is 24.3 Å². The molecule has 0 spiro atoms. The Morgan fingerprint density at radius 3 is 2.09 bits per heavy atom. The zero-order valence-corrected chi connectivity index (χ0v) is 13.6. The average molecular weight is 324 g/mol. The molecule has 8 heteroatoms. The number of nitrogens with zero attached hydrogens (tertiary/aromatic N) is 2. The molecule has 1 atom stereocenters. The summed E-state index contributed by atoms with van der Waals surface area (Å²) in [6, 6.07) is 3.55. The smallest absolute Gasteiger partial charge is 0.319 e. The molecule has 7 nitrogen and oxygen atoms in total. The standard InChI is InChI=1S/C15H21FN4O3/c1-19(2)13(21)9-12(14(22)20(3)4)18-15(23)17-11-7-5-10(16)6-8-11/h5-8,12H,9H2,1-4H3,(H2,17,18,23). The number of nitrogens with one attached hydrogen (secondary N) is 2. The van der Waals surface area contributed by atoms with Crippen LogP contribution in [0.25, 0.3) is 0 Å². The first-order chi connectivity index (χ1) is 10.7. The average Bonchev–Trinajstić information content (AvgIpc) is 2.47. The zero-order valence-electron chi connectivity index (χ0n) is 13.6. The third kappa shape index (κ3) is 5.93. The van der Waals surface area contributed by atoms with E-state index in [0.717, 1.165) is 0 Å². The first-order valence-electron chi connectivity index (χ1n) is 6.95. The number of urea groups is 1. The van der Waals surface area contributed by atoms with Crippen LogP contribution < -0.4 is 10.6 Å². The molecule has 4 amide bonds. The van der Waals surface area contributed by atoms with E-state index in [-0.39, 0.29) is 12.3 Å². The van der Waals surface area contributed by atoms with Crippen molar-refractivity contribution in [2.75, 3.05) is 33.5 Å². The Morgan fingerprint density at radius 1 is 1.04 bits per heavy atom. The lowest BCUT2D eigenvalue weighted by Gasteiger charge is -2.22. The molecule has 23 heavy (non-hydrogen) atoms. The van der Waals surface area contributed by atoms with Crippen molar-refractivity contribution >= 4 is 23.5 Å². The molecule has 0 fully saturated rings. The molecule has 0 aliphatic heterocycles. The van der Waals surface area contributed by atoms with Crippen molar-refractivity contribution in [1.82, 2.24) is 15.1 Å². The Bertz CT molecular complexity index is 573. The van der Waals surface area contributed by atoms with E-state index in [9.17, 15) is 18.8 Å². The number of carbonyl (C=O) groups excluding carboxylic acids is 3. The van der Waals surface area contributed by atoms with E-state index in [0.29, 0.717) is 5.69 Å². The van der Waals surface area contributed by atoms with Gasteiger partial charge in [0.25, 0.3) is 0 Å². The number of benzene rings is 1. The van der Waals surface area contributed by atoms with Crippen molar-refractivity contribution in [3.8, 4) is 0 Å². The number of carbonyl (C=O) groups is 3. The summed E-state index contributed by atoms with van der Waals surface area (Å²) < 4.78 is 12.8. The van der Waals surface area contributed by atoms with Crippen molar-refractivity contribution in [2.24, 2.45) is 0 Å². The van der Waals surface area contributed by atoms with E-state index in [1.54, 1.807) is 14.1 Å². The molecule has 0 heterocycles. The molecule has 1 aromatic carbocycles. The third-order valence-electron chi connectivity index (χ3n) is 3.02. The summed E-state index contributed by atoms with van der Waals surface area (Å²) in [6.45, 7) is 0. The highest BCUT2D eigenvalue weighted by Gasteiger charge is 2.26. The van der Waals surface area contributed by atoms with Crippen molar-refractivity contribution in [3.05, 3.63) is 30.1 Å². The fourth-order valence-corrected chi connectivity index (χ4v) is 1.73. The number of amides is 4. The van der Waals surface area contributed by atoms with Crippen LogP contribution in [0.2, 0.25) is 0 Å². The molecule has 126 valence electrons. The number of hydrogen-bond acceptors (Lipinski definition) is 3. The molecule has 0 aliphatic carbocycles. The summed E-state index contributed by atoms with van der Waals surface area (Å²) in [5.41, 5.74) is 0.374. The summed E-state index contributed by atoms with van der Waals surface area (Å²) >= 11 is 0. The highest BCUT2D eigenvalue weighted by molar-refractivity contribution is 5.95. The Hall–Kier alpha value is -2.64. The van der Waals surface area contributed by atoms with Gasteiger partial charge < -0.3 is 20.4 Å². The topological polar surface area (TPSA) is 81.8 Å². The van der Waals surface area contributed by atoms with Crippen molar-refractivity contribution in [2.45, 2.75) is 12.5 Å². The Kier molecular flexibility index (Phi) is 6.49. The number of hydrogen-bond donors (Lipinski definition) is 2. The lowest BCUT2D eigenvalue weighted by Crippen LogP contribution is -2.49. The van der Waals surface area contributed by atoms with Gasteiger partial charge in [-0.25, -0.2) is 9.18 Å². The molecular formula is C15H21FN4O3. The summed E-state index contributed by atoms with van der Waals surface area (Å²) in [6.07, 6.45) is -0.152. The summed E-state index contributed by atoms with van der Waals surface area (Å²) in [4.78, 5) is 38.5. The number of halogens is 1. The zero-order chi connectivity index (χ0) is 17.6. The third-order valence-corrected chi connectivity index (χ3v) is 3.02. The Morgan fingerprint density at radius 2 is 1.61 bits per heavy atom. The summed E-state index contributed by atoms with van der Waals surface area (Å²) in [7, 11) is 6.21. The molecule has 0 saturated heterocycles. The van der Waals surface area contributed by atoms with Gasteiger partial charge in [-0.1, -0.05) is 0 Å². The number of anilines is 1. The second-order valence-electron chi connectivity index (χ2n) is 5.38. The van der Waals surface area contributed by atoms with E-state index in [1.807, 2.05) is 0 Å². The van der Waals surface area contributed by atoms with E-state index >= 15 is 0 Å². The van der Waals surface area contributed by atoms with Gasteiger partial charge in [-0.3, -0.25) is 9.59 Å². The molecule has 1 unspecified atom stereocenters. The van der Waals surface area contributed by atoms with Gasteiger partial charge in [0.2, 0.25) is 11.8 Å². The van der Waals surface area contributed by atoms with E-state index in [1.165, 1.54) is 48.2 Å². The van der Waals surface area contributed by atoms with Crippen LogP contribution in [0.4, 0.5) is 14.9 Å². The molecule has 0 aromatic heterocycles. The predicted molar refractivity (Wildman–Crippen MR) is 84.3 cm³/mol. The lowest BCUT2D eigenvalue weighted by molar-refractivity contribution is -0.136. The minimum absolute atomic E-state index is 0.152. The fraction of sp³-hybridized carbons (Fsp3) is 0.400. The lowest BCUT2D eigenvalue weighted by atomic mass is 10.1. The molecule has 0 radical (unpaired) electrons. The van der Waals surface area contributed by atoms with Gasteiger partial charge in [0.05, 0.1) is 6.42 Å². The predicted octanol–water partition coefficient (Wildman–Crippen LogP) is 0.882.